The average molecular weight is 291 g/mol. The number of rotatable bonds is 3. The van der Waals surface area contributed by atoms with Gasteiger partial charge in [-0.1, -0.05) is 36.7 Å². The van der Waals surface area contributed by atoms with Gasteiger partial charge in [-0.3, -0.25) is 4.79 Å². The molecule has 0 spiro atoms. The minimum Gasteiger partial charge on any atom is -0.302 e. The van der Waals surface area contributed by atoms with Crippen LogP contribution in [-0.2, 0) is 10.2 Å². The molecule has 0 aliphatic heterocycles. The van der Waals surface area contributed by atoms with E-state index < -0.39 is 0 Å². The topological polar surface area (TPSA) is 42.0 Å². The second kappa shape index (κ2) is 5.07. The summed E-state index contributed by atoms with van der Waals surface area (Å²) in [5.41, 5.74) is 1.05. The largest absolute Gasteiger partial charge is 0.302 e. The lowest BCUT2D eigenvalue weighted by atomic mass is 9.93. The number of nitrogens with one attached hydrogen (secondary N) is 1. The molecule has 0 fully saturated rings. The van der Waals surface area contributed by atoms with Crippen LogP contribution >= 0.6 is 27.3 Å². The van der Waals surface area contributed by atoms with Crippen molar-refractivity contribution in [3.8, 4) is 0 Å². The molecule has 0 saturated heterocycles. The van der Waals surface area contributed by atoms with Crippen LogP contribution in [0, 0.1) is 0 Å². The van der Waals surface area contributed by atoms with Crippen LogP contribution in [0.25, 0.3) is 0 Å². The Morgan fingerprint density at radius 3 is 2.73 bits per heavy atom. The van der Waals surface area contributed by atoms with E-state index >= 15 is 0 Å². The lowest BCUT2D eigenvalue weighted by Gasteiger charge is -2.14. The number of carbonyl (C=O) groups is 1. The van der Waals surface area contributed by atoms with Crippen molar-refractivity contribution in [3.63, 3.8) is 0 Å². The third-order valence-electron chi connectivity index (χ3n) is 1.84. The minimum absolute atomic E-state index is 0.00156. The van der Waals surface area contributed by atoms with Crippen LogP contribution in [-0.4, -0.2) is 16.2 Å². The molecule has 0 bridgehead atoms. The number of thiazole rings is 1. The zero-order valence-electron chi connectivity index (χ0n) is 9.13. The van der Waals surface area contributed by atoms with Crippen LogP contribution in [0.1, 0.15) is 32.9 Å². The molecule has 1 N–H and O–H groups in total. The molecule has 84 valence electrons. The molecule has 0 atom stereocenters. The summed E-state index contributed by atoms with van der Waals surface area (Å²) in [6.07, 6.45) is 0.477. The van der Waals surface area contributed by atoms with Crippen LogP contribution in [0.3, 0.4) is 0 Å². The van der Waals surface area contributed by atoms with E-state index in [1.165, 1.54) is 11.3 Å². The molecule has 1 amide bonds. The number of aromatic nitrogens is 1. The summed E-state index contributed by atoms with van der Waals surface area (Å²) in [7, 11) is 0. The normalized spacial score (nSPS) is 11.5. The van der Waals surface area contributed by atoms with Gasteiger partial charge in [-0.05, 0) is 0 Å². The third kappa shape index (κ3) is 3.91. The van der Waals surface area contributed by atoms with Crippen molar-refractivity contribution in [2.45, 2.75) is 32.6 Å². The summed E-state index contributed by atoms with van der Waals surface area (Å²) in [6.45, 7) is 6.31. The highest BCUT2D eigenvalue weighted by Crippen LogP contribution is 2.26. The molecule has 0 aliphatic rings. The molecule has 1 aromatic heterocycles. The summed E-state index contributed by atoms with van der Waals surface area (Å²) >= 11 is 4.69. The van der Waals surface area contributed by atoms with Gasteiger partial charge in [0.2, 0.25) is 5.91 Å². The van der Waals surface area contributed by atoms with Gasteiger partial charge in [-0.15, -0.1) is 11.3 Å². The zero-order valence-corrected chi connectivity index (χ0v) is 11.5. The molecular formula is C10H15BrN2OS. The number of carbonyl (C=O) groups excluding carboxylic acids is 1. The van der Waals surface area contributed by atoms with Gasteiger partial charge in [0.1, 0.15) is 0 Å². The van der Waals surface area contributed by atoms with Crippen molar-refractivity contribution in [2.24, 2.45) is 0 Å². The summed E-state index contributed by atoms with van der Waals surface area (Å²) < 4.78 is 0. The highest BCUT2D eigenvalue weighted by atomic mass is 79.9. The number of halogens is 1. The molecule has 0 unspecified atom stereocenters. The van der Waals surface area contributed by atoms with Gasteiger partial charge in [0.15, 0.2) is 5.13 Å². The Kier molecular flexibility index (Phi) is 4.28. The predicted molar refractivity (Wildman–Crippen MR) is 67.9 cm³/mol. The lowest BCUT2D eigenvalue weighted by molar-refractivity contribution is -0.115. The van der Waals surface area contributed by atoms with E-state index in [1.54, 1.807) is 0 Å². The molecule has 1 heterocycles. The Morgan fingerprint density at radius 2 is 2.27 bits per heavy atom. The van der Waals surface area contributed by atoms with E-state index in [0.717, 1.165) is 5.69 Å². The highest BCUT2D eigenvalue weighted by Gasteiger charge is 2.17. The maximum atomic E-state index is 11.3. The van der Waals surface area contributed by atoms with E-state index in [2.05, 4.69) is 47.0 Å². The van der Waals surface area contributed by atoms with Crippen molar-refractivity contribution in [2.75, 3.05) is 10.6 Å². The second-order valence-electron chi connectivity index (χ2n) is 4.28. The first-order valence-corrected chi connectivity index (χ1v) is 6.75. The van der Waals surface area contributed by atoms with Gasteiger partial charge in [0.25, 0.3) is 0 Å². The number of hydrogen-bond acceptors (Lipinski definition) is 3. The van der Waals surface area contributed by atoms with Crippen LogP contribution in [0.2, 0.25) is 0 Å². The van der Waals surface area contributed by atoms with Crippen LogP contribution < -0.4 is 5.32 Å². The molecule has 5 heteroatoms. The SMILES string of the molecule is CC(C)(C)c1csc(NC(=O)CCBr)n1. The predicted octanol–water partition coefficient (Wildman–Crippen LogP) is 3.16. The number of hydrogen-bond donors (Lipinski definition) is 1. The van der Waals surface area contributed by atoms with Crippen LogP contribution in [0.4, 0.5) is 5.13 Å². The Balaban J connectivity index is 2.65. The molecule has 0 radical (unpaired) electrons. The standard InChI is InChI=1S/C10H15BrN2OS/c1-10(2,3)7-6-15-9(12-7)13-8(14)4-5-11/h6H,4-5H2,1-3H3,(H,12,13,14). The molecule has 0 aliphatic carbocycles. The van der Waals surface area contributed by atoms with E-state index in [9.17, 15) is 4.79 Å². The maximum absolute atomic E-state index is 11.3. The Bertz CT molecular complexity index is 343. The molecule has 0 aromatic carbocycles. The summed E-state index contributed by atoms with van der Waals surface area (Å²) in [6, 6.07) is 0. The number of nitrogens with zero attached hydrogens (tertiary/aromatic N) is 1. The van der Waals surface area contributed by atoms with E-state index in [-0.39, 0.29) is 11.3 Å². The summed E-state index contributed by atoms with van der Waals surface area (Å²) in [5, 5.41) is 6.13. The fraction of sp³-hybridized carbons (Fsp3) is 0.600. The minimum atomic E-state index is 0.00156. The fourth-order valence-electron chi connectivity index (χ4n) is 0.943. The van der Waals surface area contributed by atoms with Gasteiger partial charge >= 0.3 is 0 Å². The first-order chi connectivity index (χ1) is 6.93. The van der Waals surface area contributed by atoms with Crippen molar-refractivity contribution in [3.05, 3.63) is 11.1 Å². The fourth-order valence-corrected chi connectivity index (χ4v) is 2.26. The molecule has 1 rings (SSSR count). The van der Waals surface area contributed by atoms with Crippen molar-refractivity contribution >= 4 is 38.3 Å². The highest BCUT2D eigenvalue weighted by molar-refractivity contribution is 9.09. The maximum Gasteiger partial charge on any atom is 0.226 e. The van der Waals surface area contributed by atoms with E-state index in [1.807, 2.05) is 5.38 Å². The first-order valence-electron chi connectivity index (χ1n) is 4.75. The number of anilines is 1. The van der Waals surface area contributed by atoms with Gasteiger partial charge in [0, 0.05) is 22.5 Å². The molecule has 1 aromatic rings. The van der Waals surface area contributed by atoms with Gasteiger partial charge in [-0.25, -0.2) is 4.98 Å². The quantitative estimate of drug-likeness (QED) is 0.869. The summed E-state index contributed by atoms with van der Waals surface area (Å²) in [4.78, 5) is 15.7. The second-order valence-corrected chi connectivity index (χ2v) is 5.93. The Labute approximate surface area is 102 Å². The van der Waals surface area contributed by atoms with Gasteiger partial charge < -0.3 is 5.32 Å². The van der Waals surface area contributed by atoms with Crippen LogP contribution in [0.5, 0.6) is 0 Å². The van der Waals surface area contributed by atoms with Crippen LogP contribution in [0.15, 0.2) is 5.38 Å². The van der Waals surface area contributed by atoms with Crippen molar-refractivity contribution in [1.29, 1.82) is 0 Å². The van der Waals surface area contributed by atoms with Crippen molar-refractivity contribution < 1.29 is 4.79 Å². The van der Waals surface area contributed by atoms with E-state index in [4.69, 9.17) is 0 Å². The van der Waals surface area contributed by atoms with E-state index in [0.29, 0.717) is 16.9 Å². The molecule has 15 heavy (non-hydrogen) atoms. The molecule has 0 saturated carbocycles. The third-order valence-corrected chi connectivity index (χ3v) is 2.99. The smallest absolute Gasteiger partial charge is 0.226 e. The monoisotopic (exact) mass is 290 g/mol. The Morgan fingerprint density at radius 1 is 1.60 bits per heavy atom. The first kappa shape index (κ1) is 12.6. The van der Waals surface area contributed by atoms with Gasteiger partial charge in [0.05, 0.1) is 5.69 Å². The number of amides is 1. The summed E-state index contributed by atoms with van der Waals surface area (Å²) in [5.74, 6) is 0.00156. The van der Waals surface area contributed by atoms with Gasteiger partial charge in [-0.2, -0.15) is 0 Å². The molecule has 3 nitrogen and oxygen atoms in total. The molecular weight excluding hydrogens is 276 g/mol. The Hall–Kier alpha value is -0.420. The number of alkyl halides is 1. The average Bonchev–Trinajstić information content (AvgIpc) is 2.52. The lowest BCUT2D eigenvalue weighted by Crippen LogP contribution is -2.14. The van der Waals surface area contributed by atoms with Crippen molar-refractivity contribution in [1.82, 2.24) is 4.98 Å². The zero-order chi connectivity index (χ0) is 11.5.